The summed E-state index contributed by atoms with van der Waals surface area (Å²) in [6, 6.07) is 0. The van der Waals surface area contributed by atoms with Gasteiger partial charge in [-0.1, -0.05) is 24.8 Å². The molecule has 0 saturated heterocycles. The Kier molecular flexibility index (Phi) is 2.54. The van der Waals surface area contributed by atoms with E-state index in [1.165, 1.54) is 11.1 Å². The van der Waals surface area contributed by atoms with Crippen LogP contribution in [0.3, 0.4) is 0 Å². The third-order valence-corrected chi connectivity index (χ3v) is 2.03. The Morgan fingerprint density at radius 1 is 1.67 bits per heavy atom. The molecular formula is C11H15N. The number of rotatable bonds is 2. The Balaban J connectivity index is 3.05. The minimum Gasteiger partial charge on any atom is -0.399 e. The van der Waals surface area contributed by atoms with E-state index >= 15 is 0 Å². The molecule has 0 saturated carbocycles. The van der Waals surface area contributed by atoms with Crippen molar-refractivity contribution in [2.24, 2.45) is 5.73 Å². The van der Waals surface area contributed by atoms with E-state index in [2.05, 4.69) is 25.7 Å². The summed E-state index contributed by atoms with van der Waals surface area (Å²) in [5.74, 6) is 0. The fraction of sp³-hybridized carbons (Fsp3) is 0.273. The molecule has 0 spiro atoms. The first-order valence-corrected chi connectivity index (χ1v) is 4.14. The van der Waals surface area contributed by atoms with Crippen LogP contribution in [0.4, 0.5) is 0 Å². The van der Waals surface area contributed by atoms with Gasteiger partial charge >= 0.3 is 0 Å². The maximum atomic E-state index is 5.68. The highest BCUT2D eigenvalue weighted by molar-refractivity contribution is 5.54. The molecule has 1 aliphatic carbocycles. The zero-order chi connectivity index (χ0) is 9.14. The smallest absolute Gasteiger partial charge is 0.0320 e. The zero-order valence-corrected chi connectivity index (χ0v) is 7.72. The second-order valence-electron chi connectivity index (χ2n) is 3.02. The average molecular weight is 161 g/mol. The Labute approximate surface area is 74.0 Å². The molecule has 0 aromatic carbocycles. The highest BCUT2D eigenvalue weighted by Crippen LogP contribution is 2.29. The van der Waals surface area contributed by atoms with E-state index in [1.807, 2.05) is 13.0 Å². The maximum Gasteiger partial charge on any atom is 0.0320 e. The van der Waals surface area contributed by atoms with Gasteiger partial charge in [0.15, 0.2) is 0 Å². The summed E-state index contributed by atoms with van der Waals surface area (Å²) in [4.78, 5) is 0. The van der Waals surface area contributed by atoms with Gasteiger partial charge in [0.25, 0.3) is 0 Å². The molecule has 1 aliphatic rings. The van der Waals surface area contributed by atoms with Gasteiger partial charge in [0, 0.05) is 11.3 Å². The van der Waals surface area contributed by atoms with Gasteiger partial charge in [0.1, 0.15) is 0 Å². The zero-order valence-electron chi connectivity index (χ0n) is 7.72. The summed E-state index contributed by atoms with van der Waals surface area (Å²) in [7, 11) is 0. The minimum absolute atomic E-state index is 0.675. The molecule has 1 rings (SSSR count). The summed E-state index contributed by atoms with van der Waals surface area (Å²) >= 11 is 0. The Hall–Kier alpha value is -1.24. The molecule has 64 valence electrons. The molecule has 2 N–H and O–H groups in total. The lowest BCUT2D eigenvalue weighted by Gasteiger charge is -2.04. The van der Waals surface area contributed by atoms with Crippen LogP contribution in [0, 0.1) is 0 Å². The van der Waals surface area contributed by atoms with Crippen molar-refractivity contribution in [2.75, 3.05) is 0 Å². The number of hydrogen-bond donors (Lipinski definition) is 1. The molecule has 0 amide bonds. The lowest BCUT2D eigenvalue weighted by molar-refractivity contribution is 1.26. The minimum atomic E-state index is 0.675. The molecule has 0 aromatic rings. The predicted octanol–water partition coefficient (Wildman–Crippen LogP) is 2.68. The van der Waals surface area contributed by atoms with Gasteiger partial charge in [0.05, 0.1) is 0 Å². The van der Waals surface area contributed by atoms with Crippen molar-refractivity contribution >= 4 is 0 Å². The van der Waals surface area contributed by atoms with Crippen LogP contribution in [0.1, 0.15) is 20.3 Å². The van der Waals surface area contributed by atoms with Crippen LogP contribution in [0.2, 0.25) is 0 Å². The average Bonchev–Trinajstić information content (AvgIpc) is 2.32. The van der Waals surface area contributed by atoms with E-state index in [0.717, 1.165) is 12.0 Å². The van der Waals surface area contributed by atoms with Crippen LogP contribution in [0.25, 0.3) is 0 Å². The van der Waals surface area contributed by atoms with Crippen molar-refractivity contribution in [1.29, 1.82) is 0 Å². The maximum absolute atomic E-state index is 5.68. The largest absolute Gasteiger partial charge is 0.399 e. The van der Waals surface area contributed by atoms with Gasteiger partial charge in [-0.15, -0.1) is 0 Å². The summed E-state index contributed by atoms with van der Waals surface area (Å²) in [5.41, 5.74) is 10.0. The lowest BCUT2D eigenvalue weighted by atomic mass is 10.0. The van der Waals surface area contributed by atoms with Gasteiger partial charge in [-0.3, -0.25) is 0 Å². The molecule has 0 heterocycles. The SMILES string of the molecule is C=C(N)C1=C(/C=C\C)CC=C1C. The summed E-state index contributed by atoms with van der Waals surface area (Å²) in [5, 5.41) is 0. The van der Waals surface area contributed by atoms with Gasteiger partial charge in [-0.2, -0.15) is 0 Å². The van der Waals surface area contributed by atoms with E-state index in [4.69, 9.17) is 5.73 Å². The first kappa shape index (κ1) is 8.85. The van der Waals surface area contributed by atoms with Crippen LogP contribution >= 0.6 is 0 Å². The summed E-state index contributed by atoms with van der Waals surface area (Å²) in [6.07, 6.45) is 7.30. The Morgan fingerprint density at radius 2 is 2.33 bits per heavy atom. The molecule has 12 heavy (non-hydrogen) atoms. The molecule has 0 unspecified atom stereocenters. The Morgan fingerprint density at radius 3 is 2.83 bits per heavy atom. The molecule has 1 heteroatoms. The molecular weight excluding hydrogens is 146 g/mol. The third-order valence-electron chi connectivity index (χ3n) is 2.03. The first-order chi connectivity index (χ1) is 5.66. The van der Waals surface area contributed by atoms with Crippen LogP contribution in [0.15, 0.2) is 47.2 Å². The molecule has 0 radical (unpaired) electrons. The number of allylic oxidation sites excluding steroid dienone is 5. The standard InChI is InChI=1S/C11H15N/c1-4-5-10-7-6-8(2)11(10)9(3)12/h4-6H,3,7,12H2,1-2H3/b5-4-. The molecule has 0 atom stereocenters. The normalized spacial score (nSPS) is 17.3. The fourth-order valence-electron chi connectivity index (χ4n) is 1.53. The van der Waals surface area contributed by atoms with Crippen LogP contribution in [-0.4, -0.2) is 0 Å². The summed E-state index contributed by atoms with van der Waals surface area (Å²) in [6.45, 7) is 7.85. The molecule has 0 aromatic heterocycles. The van der Waals surface area contributed by atoms with E-state index < -0.39 is 0 Å². The van der Waals surface area contributed by atoms with Crippen molar-refractivity contribution in [3.05, 3.63) is 47.2 Å². The fourth-order valence-corrected chi connectivity index (χ4v) is 1.53. The van der Waals surface area contributed by atoms with Crippen LogP contribution < -0.4 is 5.73 Å². The van der Waals surface area contributed by atoms with E-state index in [-0.39, 0.29) is 0 Å². The van der Waals surface area contributed by atoms with Crippen molar-refractivity contribution in [1.82, 2.24) is 0 Å². The Bertz CT molecular complexity index is 290. The molecule has 1 nitrogen and oxygen atoms in total. The first-order valence-electron chi connectivity index (χ1n) is 4.14. The van der Waals surface area contributed by atoms with Crippen LogP contribution in [-0.2, 0) is 0 Å². The predicted molar refractivity (Wildman–Crippen MR) is 53.5 cm³/mol. The molecule has 0 bridgehead atoms. The van der Waals surface area contributed by atoms with Gasteiger partial charge < -0.3 is 5.73 Å². The second-order valence-corrected chi connectivity index (χ2v) is 3.02. The summed E-state index contributed by atoms with van der Waals surface area (Å²) < 4.78 is 0. The van der Waals surface area contributed by atoms with E-state index in [9.17, 15) is 0 Å². The number of nitrogens with two attached hydrogens (primary N) is 1. The highest BCUT2D eigenvalue weighted by Gasteiger charge is 2.12. The second kappa shape index (κ2) is 3.44. The van der Waals surface area contributed by atoms with Crippen molar-refractivity contribution in [3.8, 4) is 0 Å². The topological polar surface area (TPSA) is 26.0 Å². The van der Waals surface area contributed by atoms with Gasteiger partial charge in [-0.05, 0) is 31.4 Å². The monoisotopic (exact) mass is 161 g/mol. The molecule has 0 fully saturated rings. The van der Waals surface area contributed by atoms with Gasteiger partial charge in [0.2, 0.25) is 0 Å². The van der Waals surface area contributed by atoms with Crippen molar-refractivity contribution < 1.29 is 0 Å². The third kappa shape index (κ3) is 1.50. The lowest BCUT2D eigenvalue weighted by Crippen LogP contribution is -2.00. The van der Waals surface area contributed by atoms with Crippen LogP contribution in [0.5, 0.6) is 0 Å². The van der Waals surface area contributed by atoms with Crippen molar-refractivity contribution in [3.63, 3.8) is 0 Å². The van der Waals surface area contributed by atoms with E-state index in [1.54, 1.807) is 0 Å². The van der Waals surface area contributed by atoms with Gasteiger partial charge in [-0.25, -0.2) is 0 Å². The quantitative estimate of drug-likeness (QED) is 0.662. The highest BCUT2D eigenvalue weighted by atomic mass is 14.6. The number of hydrogen-bond acceptors (Lipinski definition) is 1. The van der Waals surface area contributed by atoms with Crippen molar-refractivity contribution in [2.45, 2.75) is 20.3 Å². The van der Waals surface area contributed by atoms with E-state index in [0.29, 0.717) is 5.70 Å². The molecule has 0 aliphatic heterocycles.